The van der Waals surface area contributed by atoms with Crippen molar-refractivity contribution in [3.63, 3.8) is 0 Å². The van der Waals surface area contributed by atoms with E-state index in [-0.39, 0.29) is 40.1 Å². The fourth-order valence-electron chi connectivity index (χ4n) is 6.49. The van der Waals surface area contributed by atoms with Crippen molar-refractivity contribution in [1.29, 1.82) is 0 Å². The van der Waals surface area contributed by atoms with E-state index in [4.69, 9.17) is 4.52 Å². The first-order valence-corrected chi connectivity index (χ1v) is 16.4. The molecule has 2 saturated carbocycles. The fraction of sp³-hybridized carbons (Fsp3) is 0.600. The van der Waals surface area contributed by atoms with Gasteiger partial charge in [-0.05, 0) is 0 Å². The van der Waals surface area contributed by atoms with E-state index in [1.807, 2.05) is 4.90 Å². The van der Waals surface area contributed by atoms with Gasteiger partial charge in [-0.2, -0.15) is 0 Å². The molecule has 37 heavy (non-hydrogen) atoms. The van der Waals surface area contributed by atoms with Gasteiger partial charge in [0.15, 0.2) is 0 Å². The molecule has 204 valence electrons. The van der Waals surface area contributed by atoms with Gasteiger partial charge in [-0.15, -0.1) is 0 Å². The van der Waals surface area contributed by atoms with Crippen LogP contribution >= 0.6 is 7.87 Å². The van der Waals surface area contributed by atoms with Gasteiger partial charge in [0.2, 0.25) is 0 Å². The van der Waals surface area contributed by atoms with Crippen molar-refractivity contribution < 1.29 is 27.7 Å². The molecule has 3 atom stereocenters. The van der Waals surface area contributed by atoms with Crippen molar-refractivity contribution in [3.05, 3.63) is 29.5 Å². The maximum absolute atomic E-state index is 14.0. The minimum absolute atomic E-state index is 0.0118. The Bertz CT molecular complexity index is 1320. The first kappa shape index (κ1) is 26.4. The van der Waals surface area contributed by atoms with Crippen LogP contribution in [-0.4, -0.2) is 60.5 Å². The average molecular weight is 553 g/mol. The Morgan fingerprint density at radius 3 is 2.62 bits per heavy atom. The van der Waals surface area contributed by atoms with Gasteiger partial charge in [-0.25, -0.2) is 0 Å². The summed E-state index contributed by atoms with van der Waals surface area (Å²) in [5.41, 5.74) is 0.0774. The molecule has 2 bridgehead atoms. The van der Waals surface area contributed by atoms with Crippen LogP contribution < -0.4 is 15.3 Å². The second kappa shape index (κ2) is 8.66. The normalized spacial score (nSPS) is 29.4. The quantitative estimate of drug-likeness (QED) is 0.397. The Morgan fingerprint density at radius 2 is 2.05 bits per heavy atom. The van der Waals surface area contributed by atoms with E-state index in [2.05, 4.69) is 35.6 Å². The molecule has 2 aliphatic carbocycles. The molecule has 2 aliphatic heterocycles. The van der Waals surface area contributed by atoms with Crippen molar-refractivity contribution in [3.8, 4) is 0 Å². The molecule has 0 radical (unpaired) electrons. The number of hydrogen-bond acceptors (Lipinski definition) is 8. The number of carbonyl (C=O) groups is 1. The monoisotopic (exact) mass is 552 g/mol. The SMILES string of the molecule is CO[PH]1(O)N=C(C2=C(O)C3(CC4CCC3C4)N(CCC(C)(C)C)C2=O)Nc2ccc(NS(C)(=O)=O)cc21. The second-order valence-corrected chi connectivity index (χ2v) is 16.2. The van der Waals surface area contributed by atoms with Gasteiger partial charge in [-0.3, -0.25) is 0 Å². The Kier molecular flexibility index (Phi) is 6.18. The number of anilines is 2. The molecule has 2 heterocycles. The molecule has 0 saturated heterocycles. The molecule has 1 amide bonds. The van der Waals surface area contributed by atoms with Crippen molar-refractivity contribution >= 4 is 46.3 Å². The van der Waals surface area contributed by atoms with Crippen LogP contribution in [0.5, 0.6) is 0 Å². The molecule has 2 fully saturated rings. The summed E-state index contributed by atoms with van der Waals surface area (Å²) in [5.74, 6) is 0.515. The standard InChI is InChI=1S/C25H37N4O6PS/c1-24(2,3)10-11-29-23(31)20(21(30)25(29)14-15-6-7-16(25)12-15)22-26-18-9-8-17(28-37(5,33)34)13-19(18)36(32,27-22)35-4/h8-9,13,15-16,28,30,32,36H,6-7,10-12,14H2,1-5H3,(H,26,27). The molecular formula is C25H37N4O6PS. The van der Waals surface area contributed by atoms with Gasteiger partial charge in [0.05, 0.1) is 0 Å². The number of sulfonamides is 1. The van der Waals surface area contributed by atoms with E-state index in [0.717, 1.165) is 38.4 Å². The summed E-state index contributed by atoms with van der Waals surface area (Å²) >= 11 is 0. The van der Waals surface area contributed by atoms with Crippen molar-refractivity contribution in [1.82, 2.24) is 4.90 Å². The number of amides is 1. The van der Waals surface area contributed by atoms with Gasteiger partial charge in [-0.1, -0.05) is 0 Å². The zero-order valence-electron chi connectivity index (χ0n) is 22.0. The summed E-state index contributed by atoms with van der Waals surface area (Å²) in [7, 11) is -6.19. The van der Waals surface area contributed by atoms with Gasteiger partial charge >= 0.3 is 219 Å². The first-order valence-electron chi connectivity index (χ1n) is 12.7. The molecule has 1 spiro atoms. The van der Waals surface area contributed by atoms with Crippen molar-refractivity contribution in [2.24, 2.45) is 22.0 Å². The zero-order chi connectivity index (χ0) is 27.0. The molecule has 5 rings (SSSR count). The number of aliphatic hydroxyl groups is 1. The Labute approximate surface area is 218 Å². The molecule has 12 heteroatoms. The number of benzene rings is 1. The van der Waals surface area contributed by atoms with Gasteiger partial charge < -0.3 is 0 Å². The second-order valence-electron chi connectivity index (χ2n) is 12.0. The van der Waals surface area contributed by atoms with Gasteiger partial charge in [0, 0.05) is 0 Å². The summed E-state index contributed by atoms with van der Waals surface area (Å²) in [4.78, 5) is 27.3. The molecule has 10 nitrogen and oxygen atoms in total. The predicted octanol–water partition coefficient (Wildman–Crippen LogP) is 3.29. The number of rotatable bonds is 6. The minimum atomic E-state index is -3.99. The van der Waals surface area contributed by atoms with Crippen molar-refractivity contribution in [2.75, 3.05) is 29.9 Å². The van der Waals surface area contributed by atoms with E-state index in [1.165, 1.54) is 13.2 Å². The fourth-order valence-corrected chi connectivity index (χ4v) is 8.78. The predicted molar refractivity (Wildman–Crippen MR) is 147 cm³/mol. The van der Waals surface area contributed by atoms with E-state index in [0.29, 0.717) is 23.5 Å². The maximum atomic E-state index is 14.0. The van der Waals surface area contributed by atoms with Crippen molar-refractivity contribution in [2.45, 2.75) is 58.4 Å². The summed E-state index contributed by atoms with van der Waals surface area (Å²) < 4.78 is 35.8. The molecule has 1 aromatic carbocycles. The molecule has 3 unspecified atom stereocenters. The third kappa shape index (κ3) is 4.43. The average Bonchev–Trinajstić information content (AvgIpc) is 3.45. The van der Waals surface area contributed by atoms with E-state index in [9.17, 15) is 23.2 Å². The number of nitrogens with zero attached hydrogens (tertiary/aromatic N) is 2. The Morgan fingerprint density at radius 1 is 1.32 bits per heavy atom. The van der Waals surface area contributed by atoms with Crippen LogP contribution in [-0.2, 0) is 19.3 Å². The Hall–Kier alpha value is -2.20. The number of aliphatic hydroxyl groups excluding tert-OH is 1. The topological polar surface area (TPSA) is 141 Å². The van der Waals surface area contributed by atoms with Gasteiger partial charge in [0.1, 0.15) is 0 Å². The van der Waals surface area contributed by atoms with Crippen LogP contribution in [0.3, 0.4) is 0 Å². The van der Waals surface area contributed by atoms with Crippen LogP contribution in [0.4, 0.5) is 11.4 Å². The number of carbonyl (C=O) groups excluding carboxylic acids is 1. The molecule has 4 N–H and O–H groups in total. The van der Waals surface area contributed by atoms with Crippen LogP contribution in [0, 0.1) is 17.3 Å². The van der Waals surface area contributed by atoms with Gasteiger partial charge in [0.25, 0.3) is 0 Å². The third-order valence-corrected chi connectivity index (χ3v) is 11.0. The van der Waals surface area contributed by atoms with E-state index < -0.39 is 23.4 Å². The molecular weight excluding hydrogens is 515 g/mol. The zero-order valence-corrected chi connectivity index (χ0v) is 23.8. The van der Waals surface area contributed by atoms with Crippen LogP contribution in [0.25, 0.3) is 0 Å². The third-order valence-electron chi connectivity index (χ3n) is 8.20. The van der Waals surface area contributed by atoms with Crippen LogP contribution in [0.15, 0.2) is 34.3 Å². The number of nitrogens with one attached hydrogen (secondary N) is 2. The van der Waals surface area contributed by atoms with E-state index in [1.54, 1.807) is 12.1 Å². The van der Waals surface area contributed by atoms with Crippen LogP contribution in [0.1, 0.15) is 52.9 Å². The summed E-state index contributed by atoms with van der Waals surface area (Å²) in [5, 5.41) is 15.2. The summed E-state index contributed by atoms with van der Waals surface area (Å²) in [6.45, 7) is 6.93. The summed E-state index contributed by atoms with van der Waals surface area (Å²) in [6.07, 6.45) is 5.64. The van der Waals surface area contributed by atoms with Crippen LogP contribution in [0.2, 0.25) is 0 Å². The molecule has 1 aromatic rings. The first-order chi connectivity index (χ1) is 17.2. The number of hydrogen-bond donors (Lipinski definition) is 4. The van der Waals surface area contributed by atoms with E-state index >= 15 is 0 Å². The molecule has 0 aromatic heterocycles. The number of fused-ring (bicyclic) bond motifs is 4. The Balaban J connectivity index is 1.57. The summed E-state index contributed by atoms with van der Waals surface area (Å²) in [6, 6.07) is 4.64. The molecule has 4 aliphatic rings. The number of amidine groups is 1.